The molecule has 2 atom stereocenters. The summed E-state index contributed by atoms with van der Waals surface area (Å²) in [7, 11) is 0. The number of nitrogens with zero attached hydrogens (tertiary/aromatic N) is 2. The Kier molecular flexibility index (Phi) is 6.62. The molecule has 9 nitrogen and oxygen atoms in total. The molecule has 4 heterocycles. The van der Waals surface area contributed by atoms with Crippen molar-refractivity contribution in [3.8, 4) is 0 Å². The molecule has 5 rings (SSSR count). The monoisotopic (exact) mass is 481 g/mol. The van der Waals surface area contributed by atoms with Crippen molar-refractivity contribution in [3.63, 3.8) is 0 Å². The third kappa shape index (κ3) is 4.70. The lowest BCUT2D eigenvalue weighted by atomic mass is 9.96. The number of hydrogen-bond donors (Lipinski definition) is 1. The van der Waals surface area contributed by atoms with Crippen LogP contribution in [0.2, 0.25) is 0 Å². The molecule has 0 bridgehead atoms. The number of benzene rings is 1. The van der Waals surface area contributed by atoms with Crippen molar-refractivity contribution in [2.45, 2.75) is 50.5 Å². The summed E-state index contributed by atoms with van der Waals surface area (Å²) in [6, 6.07) is 9.92. The Morgan fingerprint density at radius 3 is 2.63 bits per heavy atom. The minimum absolute atomic E-state index is 0.00649. The maximum absolute atomic E-state index is 13.8. The van der Waals surface area contributed by atoms with Gasteiger partial charge < -0.3 is 24.1 Å². The van der Waals surface area contributed by atoms with Crippen molar-refractivity contribution in [3.05, 3.63) is 59.5 Å². The van der Waals surface area contributed by atoms with Crippen LogP contribution in [0, 0.1) is 6.92 Å². The summed E-state index contributed by atoms with van der Waals surface area (Å²) in [6.07, 6.45) is 4.20. The maximum atomic E-state index is 13.8. The normalized spacial score (nSPS) is 23.6. The zero-order valence-corrected chi connectivity index (χ0v) is 19.9. The number of carbonyl (C=O) groups is 3. The Morgan fingerprint density at radius 1 is 1.11 bits per heavy atom. The fourth-order valence-electron chi connectivity index (χ4n) is 5.24. The van der Waals surface area contributed by atoms with Gasteiger partial charge in [0.05, 0.1) is 19.0 Å². The summed E-state index contributed by atoms with van der Waals surface area (Å²) in [5.74, 6) is -0.389. The van der Waals surface area contributed by atoms with Crippen LogP contribution < -0.4 is 5.32 Å². The molecule has 2 aromatic rings. The molecule has 2 unspecified atom stereocenters. The van der Waals surface area contributed by atoms with Gasteiger partial charge in [0.2, 0.25) is 5.91 Å². The van der Waals surface area contributed by atoms with Gasteiger partial charge in [-0.2, -0.15) is 0 Å². The number of likely N-dealkylation sites (tertiary alicyclic amines) is 1. The van der Waals surface area contributed by atoms with Crippen LogP contribution in [0.5, 0.6) is 0 Å². The van der Waals surface area contributed by atoms with Crippen LogP contribution in [0.4, 0.5) is 0 Å². The van der Waals surface area contributed by atoms with E-state index in [-0.39, 0.29) is 36.2 Å². The van der Waals surface area contributed by atoms with Gasteiger partial charge in [0.15, 0.2) is 5.76 Å². The molecule has 9 heteroatoms. The third-order valence-corrected chi connectivity index (χ3v) is 7.14. The molecular weight excluding hydrogens is 450 g/mol. The average molecular weight is 482 g/mol. The van der Waals surface area contributed by atoms with Crippen molar-refractivity contribution in [2.24, 2.45) is 0 Å². The number of amides is 3. The van der Waals surface area contributed by atoms with Crippen molar-refractivity contribution in [1.82, 2.24) is 15.1 Å². The minimum atomic E-state index is -0.952. The summed E-state index contributed by atoms with van der Waals surface area (Å²) in [6.45, 7) is 3.95. The predicted octanol–water partition coefficient (Wildman–Crippen LogP) is 2.36. The van der Waals surface area contributed by atoms with Crippen LogP contribution in [0.15, 0.2) is 47.1 Å². The summed E-state index contributed by atoms with van der Waals surface area (Å²) in [4.78, 5) is 43.1. The van der Waals surface area contributed by atoms with Gasteiger partial charge in [-0.25, -0.2) is 0 Å². The summed E-state index contributed by atoms with van der Waals surface area (Å²) in [5, 5.41) is 2.97. The molecule has 3 fully saturated rings. The van der Waals surface area contributed by atoms with Crippen molar-refractivity contribution in [2.75, 3.05) is 32.8 Å². The van der Waals surface area contributed by atoms with Gasteiger partial charge in [-0.1, -0.05) is 17.7 Å². The smallest absolute Gasteiger partial charge is 0.289 e. The molecule has 1 spiro atoms. The van der Waals surface area contributed by atoms with Crippen LogP contribution in [0.1, 0.15) is 52.2 Å². The van der Waals surface area contributed by atoms with Crippen LogP contribution in [-0.2, 0) is 14.3 Å². The molecule has 0 radical (unpaired) electrons. The highest BCUT2D eigenvalue weighted by Gasteiger charge is 2.54. The van der Waals surface area contributed by atoms with Crippen molar-refractivity contribution >= 4 is 17.7 Å². The van der Waals surface area contributed by atoms with E-state index in [0.717, 1.165) is 18.4 Å². The lowest BCUT2D eigenvalue weighted by Crippen LogP contribution is -2.60. The van der Waals surface area contributed by atoms with Gasteiger partial charge in [0.1, 0.15) is 11.8 Å². The Balaban J connectivity index is 1.35. The highest BCUT2D eigenvalue weighted by Crippen LogP contribution is 2.39. The largest absolute Gasteiger partial charge is 0.459 e. The van der Waals surface area contributed by atoms with Gasteiger partial charge >= 0.3 is 0 Å². The molecule has 1 N–H and O–H groups in total. The quantitative estimate of drug-likeness (QED) is 0.704. The fraction of sp³-hybridized carbons (Fsp3) is 0.500. The van der Waals surface area contributed by atoms with Gasteiger partial charge in [-0.3, -0.25) is 19.3 Å². The molecule has 1 aromatic heterocycles. The summed E-state index contributed by atoms with van der Waals surface area (Å²) in [5.41, 5.74) is 0.524. The molecule has 3 aliphatic rings. The zero-order valence-electron chi connectivity index (χ0n) is 19.9. The first kappa shape index (κ1) is 23.6. The molecule has 3 saturated heterocycles. The highest BCUT2D eigenvalue weighted by molar-refractivity contribution is 5.98. The molecule has 0 aliphatic carbocycles. The number of rotatable bonds is 5. The van der Waals surface area contributed by atoms with E-state index in [4.69, 9.17) is 13.9 Å². The summed E-state index contributed by atoms with van der Waals surface area (Å²) >= 11 is 0. The number of nitrogens with one attached hydrogen (secondary N) is 1. The predicted molar refractivity (Wildman–Crippen MR) is 126 cm³/mol. The van der Waals surface area contributed by atoms with E-state index in [1.54, 1.807) is 28.0 Å². The standard InChI is InChI=1S/C26H31N3O6/c1-18-5-2-6-19(15-18)24(31)29-21(23(30)27-16-20-7-3-13-33-20)17-35-26(29)9-11-28(12-10-26)25(32)22-8-4-14-34-22/h2,4-6,8,14-15,20-21H,3,7,9-13,16-17H2,1H3,(H,27,30). The summed E-state index contributed by atoms with van der Waals surface area (Å²) < 4.78 is 17.1. The van der Waals surface area contributed by atoms with Crippen molar-refractivity contribution in [1.29, 1.82) is 0 Å². The zero-order chi connectivity index (χ0) is 24.4. The maximum Gasteiger partial charge on any atom is 0.289 e. The lowest BCUT2D eigenvalue weighted by Gasteiger charge is -2.44. The highest BCUT2D eigenvalue weighted by atomic mass is 16.5. The van der Waals surface area contributed by atoms with E-state index in [1.165, 1.54) is 6.26 Å². The Morgan fingerprint density at radius 2 is 1.94 bits per heavy atom. The number of aryl methyl sites for hydroxylation is 1. The van der Waals surface area contributed by atoms with Crippen LogP contribution in [0.25, 0.3) is 0 Å². The van der Waals surface area contributed by atoms with E-state index >= 15 is 0 Å². The molecule has 186 valence electrons. The topological polar surface area (TPSA) is 101 Å². The Bertz CT molecular complexity index is 1070. The van der Waals surface area contributed by atoms with Crippen LogP contribution >= 0.6 is 0 Å². The number of ether oxygens (including phenoxy) is 2. The SMILES string of the molecule is Cc1cccc(C(=O)N2C(C(=O)NCC3CCCO3)COC23CCN(C(=O)c2ccco2)CC3)c1. The van der Waals surface area contributed by atoms with Gasteiger partial charge in [-0.15, -0.1) is 0 Å². The third-order valence-electron chi connectivity index (χ3n) is 7.14. The second kappa shape index (κ2) is 9.83. The number of piperidine rings is 1. The number of hydrogen-bond acceptors (Lipinski definition) is 6. The van der Waals surface area contributed by atoms with E-state index in [1.807, 2.05) is 25.1 Å². The van der Waals surface area contributed by atoms with E-state index in [0.29, 0.717) is 44.6 Å². The first-order valence-corrected chi connectivity index (χ1v) is 12.2. The van der Waals surface area contributed by atoms with E-state index in [2.05, 4.69) is 5.32 Å². The number of furan rings is 1. The molecule has 35 heavy (non-hydrogen) atoms. The molecule has 0 saturated carbocycles. The first-order valence-electron chi connectivity index (χ1n) is 12.2. The van der Waals surface area contributed by atoms with Gasteiger partial charge in [-0.05, 0) is 44.0 Å². The van der Waals surface area contributed by atoms with Gasteiger partial charge in [0.25, 0.3) is 11.8 Å². The second-order valence-electron chi connectivity index (χ2n) is 9.47. The minimum Gasteiger partial charge on any atom is -0.459 e. The van der Waals surface area contributed by atoms with E-state index in [9.17, 15) is 14.4 Å². The van der Waals surface area contributed by atoms with Crippen LogP contribution in [0.3, 0.4) is 0 Å². The number of carbonyl (C=O) groups excluding carboxylic acids is 3. The average Bonchev–Trinajstić information content (AvgIpc) is 3.64. The Hall–Kier alpha value is -3.17. The first-order chi connectivity index (χ1) is 17.0. The Labute approximate surface area is 204 Å². The molecular formula is C26H31N3O6. The van der Waals surface area contributed by atoms with Crippen LogP contribution in [-0.4, -0.2) is 78.2 Å². The molecule has 1 aromatic carbocycles. The molecule has 3 aliphatic heterocycles. The molecule has 3 amide bonds. The van der Waals surface area contributed by atoms with Crippen molar-refractivity contribution < 1.29 is 28.3 Å². The fourth-order valence-corrected chi connectivity index (χ4v) is 5.24. The van der Waals surface area contributed by atoms with E-state index < -0.39 is 11.8 Å². The van der Waals surface area contributed by atoms with Gasteiger partial charge in [0, 0.05) is 44.6 Å². The second-order valence-corrected chi connectivity index (χ2v) is 9.47. The lowest BCUT2D eigenvalue weighted by molar-refractivity contribution is -0.128.